The first-order valence-electron chi connectivity index (χ1n) is 8.64. The highest BCUT2D eigenvalue weighted by Gasteiger charge is 2.17. The maximum atomic E-state index is 13.1. The minimum Gasteiger partial charge on any atom is -0.319 e. The number of carbonyl (C=O) groups excluding carboxylic acids is 1. The van der Waals surface area contributed by atoms with Crippen LogP contribution in [0.3, 0.4) is 0 Å². The summed E-state index contributed by atoms with van der Waals surface area (Å²) in [5, 5.41) is 12.3. The Kier molecular flexibility index (Phi) is 3.99. The van der Waals surface area contributed by atoms with Gasteiger partial charge in [0.25, 0.3) is 5.91 Å². The Morgan fingerprint density at radius 1 is 1.15 bits per heavy atom. The second-order valence-electron chi connectivity index (χ2n) is 6.60. The minimum atomic E-state index is -0.188. The van der Waals surface area contributed by atoms with Crippen LogP contribution < -0.4 is 5.32 Å². The van der Waals surface area contributed by atoms with Crippen molar-refractivity contribution in [2.24, 2.45) is 14.1 Å². The average molecular weight is 360 g/mol. The van der Waals surface area contributed by atoms with Crippen molar-refractivity contribution in [1.29, 1.82) is 0 Å². The molecule has 0 radical (unpaired) electrons. The third kappa shape index (κ3) is 2.97. The molecule has 4 aromatic rings. The predicted octanol–water partition coefficient (Wildman–Crippen LogP) is 3.24. The van der Waals surface area contributed by atoms with E-state index in [1.165, 1.54) is 0 Å². The molecular formula is C20H20N6O. The van der Waals surface area contributed by atoms with Crippen LogP contribution in [0.25, 0.3) is 22.2 Å². The molecule has 0 spiro atoms. The Balaban J connectivity index is 1.84. The van der Waals surface area contributed by atoms with Gasteiger partial charge in [-0.3, -0.25) is 14.2 Å². The Hall–Kier alpha value is -3.48. The molecule has 136 valence electrons. The van der Waals surface area contributed by atoms with E-state index in [9.17, 15) is 4.79 Å². The second kappa shape index (κ2) is 6.35. The van der Waals surface area contributed by atoms with E-state index in [0.29, 0.717) is 11.3 Å². The molecule has 3 aromatic heterocycles. The van der Waals surface area contributed by atoms with Gasteiger partial charge in [0.15, 0.2) is 0 Å². The van der Waals surface area contributed by atoms with Gasteiger partial charge in [-0.05, 0) is 26.0 Å². The van der Waals surface area contributed by atoms with Crippen molar-refractivity contribution >= 4 is 22.5 Å². The summed E-state index contributed by atoms with van der Waals surface area (Å²) in [6.07, 6.45) is 3.57. The predicted molar refractivity (Wildman–Crippen MR) is 105 cm³/mol. The van der Waals surface area contributed by atoms with Crippen molar-refractivity contribution in [3.05, 3.63) is 59.7 Å². The van der Waals surface area contributed by atoms with E-state index in [0.717, 1.165) is 33.5 Å². The number of fused-ring (bicyclic) bond motifs is 1. The van der Waals surface area contributed by atoms with E-state index < -0.39 is 0 Å². The van der Waals surface area contributed by atoms with Gasteiger partial charge in [0, 0.05) is 31.2 Å². The topological polar surface area (TPSA) is 77.6 Å². The third-order valence-electron chi connectivity index (χ3n) is 4.73. The lowest BCUT2D eigenvalue weighted by Gasteiger charge is -2.10. The molecule has 7 nitrogen and oxygen atoms in total. The zero-order valence-corrected chi connectivity index (χ0v) is 15.7. The quantitative estimate of drug-likeness (QED) is 0.608. The number of aromatic nitrogens is 5. The van der Waals surface area contributed by atoms with Crippen LogP contribution >= 0.6 is 0 Å². The summed E-state index contributed by atoms with van der Waals surface area (Å²) in [5.41, 5.74) is 5.44. The molecule has 0 unspecified atom stereocenters. The molecular weight excluding hydrogens is 340 g/mol. The molecule has 0 saturated carbocycles. The molecule has 1 N–H and O–H groups in total. The van der Waals surface area contributed by atoms with Crippen LogP contribution in [0, 0.1) is 13.8 Å². The van der Waals surface area contributed by atoms with Crippen LogP contribution in [0.1, 0.15) is 21.7 Å². The molecule has 0 bridgehead atoms. The van der Waals surface area contributed by atoms with Crippen LogP contribution in [0.4, 0.5) is 5.69 Å². The highest BCUT2D eigenvalue weighted by atomic mass is 16.1. The van der Waals surface area contributed by atoms with E-state index in [2.05, 4.69) is 15.5 Å². The lowest BCUT2D eigenvalue weighted by molar-refractivity contribution is 0.102. The van der Waals surface area contributed by atoms with Crippen LogP contribution in [0.2, 0.25) is 0 Å². The number of nitrogens with one attached hydrogen (secondary N) is 1. The number of amides is 1. The van der Waals surface area contributed by atoms with Gasteiger partial charge in [0.1, 0.15) is 0 Å². The van der Waals surface area contributed by atoms with Crippen LogP contribution in [0.5, 0.6) is 0 Å². The molecule has 7 heteroatoms. The van der Waals surface area contributed by atoms with Crippen molar-refractivity contribution < 1.29 is 4.79 Å². The maximum absolute atomic E-state index is 13.1. The number of aryl methyl sites for hydroxylation is 3. The van der Waals surface area contributed by atoms with Gasteiger partial charge in [0.05, 0.1) is 40.0 Å². The fourth-order valence-corrected chi connectivity index (χ4v) is 3.16. The first kappa shape index (κ1) is 17.0. The lowest BCUT2D eigenvalue weighted by atomic mass is 10.0. The highest BCUT2D eigenvalue weighted by Crippen LogP contribution is 2.27. The fourth-order valence-electron chi connectivity index (χ4n) is 3.16. The Morgan fingerprint density at radius 2 is 1.93 bits per heavy atom. The SMILES string of the molecule is Cc1nn(C)cc1-c1cc(C(=O)Nc2cnn(C)c2C)c2ccccc2n1. The summed E-state index contributed by atoms with van der Waals surface area (Å²) in [6, 6.07) is 9.48. The lowest BCUT2D eigenvalue weighted by Crippen LogP contribution is -2.13. The maximum Gasteiger partial charge on any atom is 0.256 e. The van der Waals surface area contributed by atoms with Crippen LogP contribution in [0.15, 0.2) is 42.7 Å². The number of nitrogens with zero attached hydrogens (tertiary/aromatic N) is 5. The number of carbonyl (C=O) groups is 1. The molecule has 1 aromatic carbocycles. The zero-order valence-electron chi connectivity index (χ0n) is 15.7. The normalized spacial score (nSPS) is 11.1. The van der Waals surface area contributed by atoms with Gasteiger partial charge >= 0.3 is 0 Å². The summed E-state index contributed by atoms with van der Waals surface area (Å²) < 4.78 is 3.48. The largest absolute Gasteiger partial charge is 0.319 e. The van der Waals surface area contributed by atoms with Crippen LogP contribution in [-0.4, -0.2) is 30.5 Å². The number of benzene rings is 1. The first-order valence-corrected chi connectivity index (χ1v) is 8.64. The smallest absolute Gasteiger partial charge is 0.256 e. The number of hydrogen-bond acceptors (Lipinski definition) is 4. The molecule has 4 rings (SSSR count). The number of hydrogen-bond donors (Lipinski definition) is 1. The van der Waals surface area contributed by atoms with Gasteiger partial charge in [-0.25, -0.2) is 4.98 Å². The summed E-state index contributed by atoms with van der Waals surface area (Å²) >= 11 is 0. The van der Waals surface area contributed by atoms with Crippen molar-refractivity contribution in [2.45, 2.75) is 13.8 Å². The number of para-hydroxylation sites is 1. The Labute approximate surface area is 156 Å². The average Bonchev–Trinajstić information content (AvgIpc) is 3.16. The zero-order chi connectivity index (χ0) is 19.1. The second-order valence-corrected chi connectivity index (χ2v) is 6.60. The molecule has 0 aliphatic heterocycles. The highest BCUT2D eigenvalue weighted by molar-refractivity contribution is 6.13. The fraction of sp³-hybridized carbons (Fsp3) is 0.200. The monoisotopic (exact) mass is 360 g/mol. The van der Waals surface area contributed by atoms with Crippen molar-refractivity contribution in [1.82, 2.24) is 24.5 Å². The molecule has 1 amide bonds. The van der Waals surface area contributed by atoms with E-state index in [1.54, 1.807) is 15.6 Å². The van der Waals surface area contributed by atoms with E-state index >= 15 is 0 Å². The molecule has 27 heavy (non-hydrogen) atoms. The molecule has 0 aliphatic rings. The van der Waals surface area contributed by atoms with E-state index in [-0.39, 0.29) is 5.91 Å². The number of pyridine rings is 1. The summed E-state index contributed by atoms with van der Waals surface area (Å²) in [6.45, 7) is 3.85. The van der Waals surface area contributed by atoms with Gasteiger partial charge < -0.3 is 5.32 Å². The minimum absolute atomic E-state index is 0.188. The summed E-state index contributed by atoms with van der Waals surface area (Å²) in [4.78, 5) is 17.8. The summed E-state index contributed by atoms with van der Waals surface area (Å²) in [5.74, 6) is -0.188. The Morgan fingerprint density at radius 3 is 2.59 bits per heavy atom. The van der Waals surface area contributed by atoms with E-state index in [4.69, 9.17) is 4.98 Å². The van der Waals surface area contributed by atoms with E-state index in [1.807, 2.05) is 64.5 Å². The van der Waals surface area contributed by atoms with Crippen LogP contribution in [-0.2, 0) is 14.1 Å². The Bertz CT molecular complexity index is 1170. The molecule has 3 heterocycles. The van der Waals surface area contributed by atoms with Gasteiger partial charge in [-0.15, -0.1) is 0 Å². The molecule has 0 saturated heterocycles. The molecule has 0 aliphatic carbocycles. The molecule has 0 atom stereocenters. The third-order valence-corrected chi connectivity index (χ3v) is 4.73. The van der Waals surface area contributed by atoms with Crippen molar-refractivity contribution in [2.75, 3.05) is 5.32 Å². The summed E-state index contributed by atoms with van der Waals surface area (Å²) in [7, 11) is 3.71. The van der Waals surface area contributed by atoms with Gasteiger partial charge in [0.2, 0.25) is 0 Å². The number of rotatable bonds is 3. The van der Waals surface area contributed by atoms with Crippen molar-refractivity contribution in [3.8, 4) is 11.3 Å². The van der Waals surface area contributed by atoms with Gasteiger partial charge in [-0.1, -0.05) is 18.2 Å². The van der Waals surface area contributed by atoms with Gasteiger partial charge in [-0.2, -0.15) is 10.2 Å². The first-order chi connectivity index (χ1) is 12.9. The van der Waals surface area contributed by atoms with Crippen molar-refractivity contribution in [3.63, 3.8) is 0 Å². The standard InChI is InChI=1S/C20H20N6O/c1-12-16(11-25(3)24-12)18-9-15(14-7-5-6-8-17(14)22-18)20(27)23-19-10-21-26(4)13(19)2/h5-11H,1-4H3,(H,23,27). The number of anilines is 1. The molecule has 0 fully saturated rings.